The molecule has 0 unspecified atom stereocenters. The highest BCUT2D eigenvalue weighted by atomic mass is 35.5. The van der Waals surface area contributed by atoms with Crippen molar-refractivity contribution in [3.8, 4) is 0 Å². The Morgan fingerprint density at radius 1 is 0.933 bits per heavy atom. The van der Waals surface area contributed by atoms with E-state index in [1.165, 1.54) is 9.79 Å². The van der Waals surface area contributed by atoms with Gasteiger partial charge < -0.3 is 9.30 Å². The van der Waals surface area contributed by atoms with E-state index in [-0.39, 0.29) is 6.10 Å². The second kappa shape index (κ2) is 10.2. The van der Waals surface area contributed by atoms with E-state index < -0.39 is 0 Å². The molecule has 0 N–H and O–H groups in total. The molecule has 4 aromatic rings. The summed E-state index contributed by atoms with van der Waals surface area (Å²) in [6, 6.07) is 24.3. The summed E-state index contributed by atoms with van der Waals surface area (Å²) in [6.45, 7) is 1.10. The maximum atomic E-state index is 6.45. The molecule has 0 aliphatic heterocycles. The monoisotopic (exact) mass is 454 g/mol. The number of nitrogens with zero attached hydrogens (tertiary/aromatic N) is 2. The summed E-state index contributed by atoms with van der Waals surface area (Å²) >= 11 is 14.3. The molecule has 4 rings (SSSR count). The van der Waals surface area contributed by atoms with Crippen molar-refractivity contribution in [3.63, 3.8) is 0 Å². The van der Waals surface area contributed by atoms with E-state index >= 15 is 0 Å². The summed E-state index contributed by atoms with van der Waals surface area (Å²) in [6.07, 6.45) is 5.22. The lowest BCUT2D eigenvalue weighted by Gasteiger charge is -2.20. The van der Waals surface area contributed by atoms with Crippen LogP contribution in [0, 0.1) is 0 Å². The summed E-state index contributed by atoms with van der Waals surface area (Å²) in [5.41, 5.74) is 2.01. The van der Waals surface area contributed by atoms with Gasteiger partial charge in [0.1, 0.15) is 6.10 Å². The summed E-state index contributed by atoms with van der Waals surface area (Å²) in [4.78, 5) is 6.54. The number of imidazole rings is 1. The molecular weight excluding hydrogens is 435 g/mol. The predicted octanol–water partition coefficient (Wildman–Crippen LogP) is 7.30. The van der Waals surface area contributed by atoms with Crippen LogP contribution in [0.25, 0.3) is 0 Å². The van der Waals surface area contributed by atoms with Crippen molar-refractivity contribution >= 4 is 35.0 Å². The number of ether oxygens (including phenoxy) is 1. The van der Waals surface area contributed by atoms with Gasteiger partial charge >= 0.3 is 0 Å². The molecule has 0 radical (unpaired) electrons. The van der Waals surface area contributed by atoms with Crippen LogP contribution in [0.4, 0.5) is 0 Å². The number of rotatable bonds is 8. The largest absolute Gasteiger partial charge is 0.367 e. The van der Waals surface area contributed by atoms with Crippen molar-refractivity contribution in [3.05, 3.63) is 113 Å². The van der Waals surface area contributed by atoms with Gasteiger partial charge in [-0.3, -0.25) is 0 Å². The summed E-state index contributed by atoms with van der Waals surface area (Å²) in [5, 5.41) is 1.21. The molecule has 0 fully saturated rings. The molecule has 3 nitrogen and oxygen atoms in total. The molecule has 0 amide bonds. The first-order valence-corrected chi connectivity index (χ1v) is 11.1. The van der Waals surface area contributed by atoms with E-state index in [9.17, 15) is 0 Å². The minimum atomic E-state index is -0.220. The number of benzene rings is 3. The van der Waals surface area contributed by atoms with Crippen LogP contribution in [0.2, 0.25) is 10.0 Å². The Labute approximate surface area is 190 Å². The van der Waals surface area contributed by atoms with E-state index in [4.69, 9.17) is 27.9 Å². The topological polar surface area (TPSA) is 27.1 Å². The van der Waals surface area contributed by atoms with Crippen molar-refractivity contribution in [2.75, 3.05) is 0 Å². The summed E-state index contributed by atoms with van der Waals surface area (Å²) in [5.74, 6) is 0. The molecule has 30 heavy (non-hydrogen) atoms. The molecule has 0 saturated heterocycles. The van der Waals surface area contributed by atoms with Gasteiger partial charge in [-0.2, -0.15) is 0 Å². The first-order chi connectivity index (χ1) is 14.7. The van der Waals surface area contributed by atoms with Crippen molar-refractivity contribution < 1.29 is 4.74 Å². The van der Waals surface area contributed by atoms with Crippen molar-refractivity contribution in [2.45, 2.75) is 29.0 Å². The maximum Gasteiger partial charge on any atom is 0.102 e. The summed E-state index contributed by atoms with van der Waals surface area (Å²) < 4.78 is 8.26. The van der Waals surface area contributed by atoms with Crippen LogP contribution in [-0.4, -0.2) is 9.55 Å². The highest BCUT2D eigenvalue weighted by molar-refractivity contribution is 7.99. The minimum Gasteiger partial charge on any atom is -0.367 e. The third kappa shape index (κ3) is 5.67. The van der Waals surface area contributed by atoms with Crippen molar-refractivity contribution in [1.29, 1.82) is 0 Å². The zero-order valence-electron chi connectivity index (χ0n) is 16.1. The molecular formula is C24H20Cl2N2OS. The highest BCUT2D eigenvalue weighted by Crippen LogP contribution is 2.31. The highest BCUT2D eigenvalue weighted by Gasteiger charge is 2.17. The molecule has 152 valence electrons. The maximum absolute atomic E-state index is 6.45. The van der Waals surface area contributed by atoms with Crippen LogP contribution >= 0.6 is 35.0 Å². The Hall–Kier alpha value is -2.24. The second-order valence-electron chi connectivity index (χ2n) is 6.78. The summed E-state index contributed by atoms with van der Waals surface area (Å²) in [7, 11) is 0. The van der Waals surface area contributed by atoms with Crippen LogP contribution in [0.1, 0.15) is 17.2 Å². The van der Waals surface area contributed by atoms with Gasteiger partial charge in [-0.15, -0.1) is 0 Å². The van der Waals surface area contributed by atoms with Gasteiger partial charge in [0.25, 0.3) is 0 Å². The Morgan fingerprint density at radius 2 is 1.70 bits per heavy atom. The van der Waals surface area contributed by atoms with Gasteiger partial charge in [-0.05, 0) is 42.0 Å². The van der Waals surface area contributed by atoms with Gasteiger partial charge in [0, 0.05) is 37.8 Å². The Bertz CT molecular complexity index is 1070. The predicted molar refractivity (Wildman–Crippen MR) is 123 cm³/mol. The lowest BCUT2D eigenvalue weighted by Crippen LogP contribution is -2.12. The second-order valence-corrected chi connectivity index (χ2v) is 8.77. The minimum absolute atomic E-state index is 0.220. The third-order valence-corrected chi connectivity index (χ3v) is 6.18. The fourth-order valence-corrected chi connectivity index (χ4v) is 4.43. The molecule has 0 bridgehead atoms. The fraction of sp³-hybridized carbons (Fsp3) is 0.125. The van der Waals surface area contributed by atoms with E-state index in [2.05, 4.69) is 41.4 Å². The molecule has 3 aromatic carbocycles. The molecule has 0 saturated carbocycles. The van der Waals surface area contributed by atoms with Crippen LogP contribution in [0.5, 0.6) is 0 Å². The average molecular weight is 455 g/mol. The zero-order chi connectivity index (χ0) is 20.8. The molecule has 0 aliphatic carbocycles. The van der Waals surface area contributed by atoms with Gasteiger partial charge in [0.2, 0.25) is 0 Å². The van der Waals surface area contributed by atoms with Gasteiger partial charge in [-0.1, -0.05) is 71.4 Å². The fourth-order valence-electron chi connectivity index (χ4n) is 3.06. The molecule has 0 spiro atoms. The number of aromatic nitrogens is 2. The SMILES string of the molecule is Clc1ccc([C@@H](Cn2ccnc2)OCc2ccc(Sc3ccccc3)cc2)c(Cl)c1. The van der Waals surface area contributed by atoms with Crippen molar-refractivity contribution in [1.82, 2.24) is 9.55 Å². The van der Waals surface area contributed by atoms with E-state index in [0.29, 0.717) is 23.2 Å². The molecule has 0 aliphatic rings. The first kappa shape index (κ1) is 21.0. The number of hydrogen-bond donors (Lipinski definition) is 0. The Balaban J connectivity index is 1.45. The molecule has 6 heteroatoms. The lowest BCUT2D eigenvalue weighted by molar-refractivity contribution is 0.0280. The lowest BCUT2D eigenvalue weighted by atomic mass is 10.1. The molecule has 1 heterocycles. The van der Waals surface area contributed by atoms with E-state index in [1.54, 1.807) is 30.4 Å². The van der Waals surface area contributed by atoms with Gasteiger partial charge in [0.05, 0.1) is 19.5 Å². The Morgan fingerprint density at radius 3 is 2.40 bits per heavy atom. The van der Waals surface area contributed by atoms with E-state index in [0.717, 1.165) is 11.1 Å². The zero-order valence-corrected chi connectivity index (χ0v) is 18.4. The quantitative estimate of drug-likeness (QED) is 0.279. The van der Waals surface area contributed by atoms with Gasteiger partial charge in [-0.25, -0.2) is 4.98 Å². The van der Waals surface area contributed by atoms with Gasteiger partial charge in [0.15, 0.2) is 0 Å². The average Bonchev–Trinajstić information content (AvgIpc) is 3.26. The smallest absolute Gasteiger partial charge is 0.102 e. The van der Waals surface area contributed by atoms with Crippen LogP contribution in [-0.2, 0) is 17.9 Å². The third-order valence-electron chi connectivity index (χ3n) is 4.60. The normalized spacial score (nSPS) is 12.1. The van der Waals surface area contributed by atoms with Crippen LogP contribution in [0.15, 0.2) is 101 Å². The van der Waals surface area contributed by atoms with Crippen molar-refractivity contribution in [2.24, 2.45) is 0 Å². The number of hydrogen-bond acceptors (Lipinski definition) is 3. The van der Waals surface area contributed by atoms with E-state index in [1.807, 2.05) is 41.1 Å². The standard InChI is InChI=1S/C24H20Cl2N2OS/c25-19-8-11-22(23(26)14-19)24(15-28-13-12-27-17-28)29-16-18-6-9-21(10-7-18)30-20-4-2-1-3-5-20/h1-14,17,24H,15-16H2/t24-/m1/s1. The number of halogens is 2. The molecule has 1 atom stereocenters. The molecule has 1 aromatic heterocycles. The van der Waals surface area contributed by atoms with Crippen LogP contribution in [0.3, 0.4) is 0 Å². The Kier molecular flexibility index (Phi) is 7.13. The van der Waals surface area contributed by atoms with Crippen LogP contribution < -0.4 is 0 Å². The first-order valence-electron chi connectivity index (χ1n) is 9.51.